The Labute approximate surface area is 108 Å². The van der Waals surface area contributed by atoms with Crippen molar-refractivity contribution in [2.75, 3.05) is 13.2 Å². The minimum Gasteiger partial charge on any atom is -0.456 e. The fourth-order valence-corrected chi connectivity index (χ4v) is 3.70. The fourth-order valence-electron chi connectivity index (χ4n) is 3.70. The second-order valence-corrected chi connectivity index (χ2v) is 5.84. The summed E-state index contributed by atoms with van der Waals surface area (Å²) < 4.78 is 5.12. The van der Waals surface area contributed by atoms with Gasteiger partial charge in [0.05, 0.1) is 11.3 Å². The van der Waals surface area contributed by atoms with Gasteiger partial charge >= 0.3 is 5.97 Å². The minimum atomic E-state index is -0.164. The van der Waals surface area contributed by atoms with E-state index >= 15 is 0 Å². The van der Waals surface area contributed by atoms with Crippen LogP contribution < -0.4 is 0 Å². The van der Waals surface area contributed by atoms with E-state index in [4.69, 9.17) is 4.74 Å². The SMILES string of the molecule is C=C1N(C2=C(C)C(=O)OC2)CCC12CCCCC2. The van der Waals surface area contributed by atoms with Gasteiger partial charge in [-0.1, -0.05) is 25.8 Å². The number of cyclic esters (lactones) is 1. The number of allylic oxidation sites excluding steroid dienone is 1. The summed E-state index contributed by atoms with van der Waals surface area (Å²) >= 11 is 0. The average molecular weight is 247 g/mol. The van der Waals surface area contributed by atoms with Gasteiger partial charge in [-0.3, -0.25) is 0 Å². The molecule has 2 aliphatic heterocycles. The van der Waals surface area contributed by atoms with E-state index in [9.17, 15) is 4.79 Å². The highest BCUT2D eigenvalue weighted by Crippen LogP contribution is 2.51. The van der Waals surface area contributed by atoms with Crippen LogP contribution in [-0.4, -0.2) is 24.0 Å². The molecule has 1 aliphatic carbocycles. The van der Waals surface area contributed by atoms with E-state index in [2.05, 4.69) is 11.5 Å². The Balaban J connectivity index is 1.85. The van der Waals surface area contributed by atoms with Crippen LogP contribution in [0.4, 0.5) is 0 Å². The maximum Gasteiger partial charge on any atom is 0.336 e. The summed E-state index contributed by atoms with van der Waals surface area (Å²) in [6.07, 6.45) is 7.72. The zero-order chi connectivity index (χ0) is 12.8. The molecule has 1 saturated carbocycles. The number of carbonyl (C=O) groups excluding carboxylic acids is 1. The van der Waals surface area contributed by atoms with Gasteiger partial charge in [0.15, 0.2) is 0 Å². The summed E-state index contributed by atoms with van der Waals surface area (Å²) in [6, 6.07) is 0. The first-order valence-corrected chi connectivity index (χ1v) is 6.98. The first-order chi connectivity index (χ1) is 8.64. The van der Waals surface area contributed by atoms with Gasteiger partial charge in [0.1, 0.15) is 6.61 Å². The van der Waals surface area contributed by atoms with Crippen LogP contribution in [0.1, 0.15) is 45.4 Å². The van der Waals surface area contributed by atoms with Crippen molar-refractivity contribution >= 4 is 5.97 Å². The predicted molar refractivity (Wildman–Crippen MR) is 69.6 cm³/mol. The molecule has 0 radical (unpaired) electrons. The number of carbonyl (C=O) groups is 1. The van der Waals surface area contributed by atoms with E-state index in [-0.39, 0.29) is 5.97 Å². The van der Waals surface area contributed by atoms with Gasteiger partial charge in [0, 0.05) is 17.7 Å². The molecule has 3 heteroatoms. The number of rotatable bonds is 1. The van der Waals surface area contributed by atoms with Crippen LogP contribution >= 0.6 is 0 Å². The van der Waals surface area contributed by atoms with E-state index < -0.39 is 0 Å². The second kappa shape index (κ2) is 4.15. The Morgan fingerprint density at radius 1 is 1.22 bits per heavy atom. The molecule has 0 bridgehead atoms. The first kappa shape index (κ1) is 11.8. The number of likely N-dealkylation sites (tertiary alicyclic amines) is 1. The van der Waals surface area contributed by atoms with E-state index in [1.54, 1.807) is 0 Å². The van der Waals surface area contributed by atoms with Crippen molar-refractivity contribution in [3.05, 3.63) is 23.5 Å². The van der Waals surface area contributed by atoms with Crippen LogP contribution in [0.5, 0.6) is 0 Å². The monoisotopic (exact) mass is 247 g/mol. The van der Waals surface area contributed by atoms with Crippen LogP contribution in [0.15, 0.2) is 23.5 Å². The van der Waals surface area contributed by atoms with Crippen LogP contribution in [0, 0.1) is 5.41 Å². The van der Waals surface area contributed by atoms with Gasteiger partial charge in [-0.25, -0.2) is 4.79 Å². The topological polar surface area (TPSA) is 29.5 Å². The molecule has 3 rings (SSSR count). The molecule has 0 amide bonds. The lowest BCUT2D eigenvalue weighted by Crippen LogP contribution is -2.26. The van der Waals surface area contributed by atoms with E-state index in [0.717, 1.165) is 17.8 Å². The third kappa shape index (κ3) is 1.60. The third-order valence-electron chi connectivity index (χ3n) is 4.97. The zero-order valence-corrected chi connectivity index (χ0v) is 11.1. The number of esters is 1. The summed E-state index contributed by atoms with van der Waals surface area (Å²) in [4.78, 5) is 13.7. The standard InChI is InChI=1S/C15H21NO2/c1-11-13(10-18-14(11)17)16-9-8-15(12(16)2)6-4-3-5-7-15/h2-10H2,1H3. The van der Waals surface area contributed by atoms with Crippen molar-refractivity contribution in [2.45, 2.75) is 45.4 Å². The largest absolute Gasteiger partial charge is 0.456 e. The number of ether oxygens (including phenoxy) is 1. The Morgan fingerprint density at radius 3 is 2.56 bits per heavy atom. The summed E-state index contributed by atoms with van der Waals surface area (Å²) in [7, 11) is 0. The second-order valence-electron chi connectivity index (χ2n) is 5.84. The summed E-state index contributed by atoms with van der Waals surface area (Å²) in [6.45, 7) is 7.64. The van der Waals surface area contributed by atoms with Crippen molar-refractivity contribution in [1.29, 1.82) is 0 Å². The van der Waals surface area contributed by atoms with Gasteiger partial charge in [-0.15, -0.1) is 0 Å². The van der Waals surface area contributed by atoms with Crippen molar-refractivity contribution < 1.29 is 9.53 Å². The smallest absolute Gasteiger partial charge is 0.336 e. The summed E-state index contributed by atoms with van der Waals surface area (Å²) in [5, 5.41) is 0. The van der Waals surface area contributed by atoms with Crippen LogP contribution in [0.2, 0.25) is 0 Å². The molecule has 2 fully saturated rings. The maximum atomic E-state index is 11.5. The molecular formula is C15H21NO2. The Hall–Kier alpha value is -1.25. The lowest BCUT2D eigenvalue weighted by molar-refractivity contribution is -0.136. The maximum absolute atomic E-state index is 11.5. The quantitative estimate of drug-likeness (QED) is 0.667. The van der Waals surface area contributed by atoms with Crippen molar-refractivity contribution in [1.82, 2.24) is 4.90 Å². The normalized spacial score (nSPS) is 27.3. The minimum absolute atomic E-state index is 0.164. The highest BCUT2D eigenvalue weighted by atomic mass is 16.5. The number of hydrogen-bond acceptors (Lipinski definition) is 3. The molecule has 0 aromatic heterocycles. The molecule has 1 saturated heterocycles. The molecule has 18 heavy (non-hydrogen) atoms. The predicted octanol–water partition coefficient (Wildman–Crippen LogP) is 2.99. The Kier molecular flexibility index (Phi) is 2.72. The number of hydrogen-bond donors (Lipinski definition) is 0. The van der Waals surface area contributed by atoms with Crippen LogP contribution in [0.25, 0.3) is 0 Å². The van der Waals surface area contributed by atoms with Crippen molar-refractivity contribution in [3.8, 4) is 0 Å². The Bertz CT molecular complexity index is 430. The van der Waals surface area contributed by atoms with Crippen molar-refractivity contribution in [2.24, 2.45) is 5.41 Å². The van der Waals surface area contributed by atoms with Crippen LogP contribution in [0.3, 0.4) is 0 Å². The molecule has 0 unspecified atom stereocenters. The summed E-state index contributed by atoms with van der Waals surface area (Å²) in [5.41, 5.74) is 3.36. The van der Waals surface area contributed by atoms with Crippen LogP contribution in [-0.2, 0) is 9.53 Å². The molecule has 2 heterocycles. The van der Waals surface area contributed by atoms with Gasteiger partial charge in [-0.2, -0.15) is 0 Å². The third-order valence-corrected chi connectivity index (χ3v) is 4.97. The van der Waals surface area contributed by atoms with E-state index in [1.807, 2.05) is 6.92 Å². The highest BCUT2D eigenvalue weighted by molar-refractivity contribution is 5.91. The average Bonchev–Trinajstić information content (AvgIpc) is 2.86. The Morgan fingerprint density at radius 2 is 1.94 bits per heavy atom. The molecule has 0 N–H and O–H groups in total. The van der Waals surface area contributed by atoms with Gasteiger partial charge in [-0.05, 0) is 26.2 Å². The van der Waals surface area contributed by atoms with Gasteiger partial charge in [0.25, 0.3) is 0 Å². The van der Waals surface area contributed by atoms with Gasteiger partial charge in [0.2, 0.25) is 0 Å². The van der Waals surface area contributed by atoms with E-state index in [0.29, 0.717) is 12.0 Å². The zero-order valence-electron chi connectivity index (χ0n) is 11.1. The molecule has 0 aromatic carbocycles. The molecule has 0 aromatic rings. The number of nitrogens with zero attached hydrogens (tertiary/aromatic N) is 1. The van der Waals surface area contributed by atoms with Gasteiger partial charge < -0.3 is 9.64 Å². The molecule has 98 valence electrons. The first-order valence-electron chi connectivity index (χ1n) is 6.98. The summed E-state index contributed by atoms with van der Waals surface area (Å²) in [5.74, 6) is -0.164. The fraction of sp³-hybridized carbons (Fsp3) is 0.667. The highest BCUT2D eigenvalue weighted by Gasteiger charge is 2.44. The lowest BCUT2D eigenvalue weighted by Gasteiger charge is -2.35. The molecule has 0 atom stereocenters. The molecular weight excluding hydrogens is 226 g/mol. The molecule has 3 nitrogen and oxygen atoms in total. The van der Waals surface area contributed by atoms with Crippen molar-refractivity contribution in [3.63, 3.8) is 0 Å². The molecule has 1 spiro atoms. The molecule has 3 aliphatic rings. The van der Waals surface area contributed by atoms with E-state index in [1.165, 1.54) is 44.2 Å². The lowest BCUT2D eigenvalue weighted by atomic mass is 9.72.